The van der Waals surface area contributed by atoms with E-state index in [9.17, 15) is 0 Å². The summed E-state index contributed by atoms with van der Waals surface area (Å²) in [5, 5.41) is 0. The second-order valence-electron chi connectivity index (χ2n) is 14.3. The first-order chi connectivity index (χ1) is 27.8. The van der Waals surface area contributed by atoms with Crippen molar-refractivity contribution in [2.75, 3.05) is 0 Å². The Morgan fingerprint density at radius 3 is 0.911 bits per heavy atom. The van der Waals surface area contributed by atoms with Gasteiger partial charge in [0.05, 0.1) is 10.8 Å². The predicted octanol–water partition coefficient (Wildman–Crippen LogP) is 13.8. The molecular formula is C56H42. The van der Waals surface area contributed by atoms with Crippen LogP contribution in [0, 0.1) is 0 Å². The lowest BCUT2D eigenvalue weighted by atomic mass is 9.42. The zero-order valence-electron chi connectivity index (χ0n) is 31.2. The van der Waals surface area contributed by atoms with Crippen molar-refractivity contribution >= 4 is 22.8 Å². The molecule has 0 aromatic heterocycles. The van der Waals surface area contributed by atoms with Gasteiger partial charge in [0.25, 0.3) is 0 Å². The van der Waals surface area contributed by atoms with Crippen molar-refractivity contribution in [1.29, 1.82) is 0 Å². The van der Waals surface area contributed by atoms with Crippen LogP contribution in [0.5, 0.6) is 0 Å². The summed E-state index contributed by atoms with van der Waals surface area (Å²) in [5.74, 6) is 0. The van der Waals surface area contributed by atoms with Crippen LogP contribution in [-0.2, 0) is 10.8 Å². The van der Waals surface area contributed by atoms with Crippen LogP contribution < -0.4 is 0 Å². The molecule has 56 heavy (non-hydrogen) atoms. The van der Waals surface area contributed by atoms with E-state index in [-0.39, 0.29) is 0 Å². The standard InChI is InChI=1S/C56H42/c1-9-25-43(26-10-1)41-42-51-52(44-27-11-2-12-28-44)54(46-31-15-4-16-32-46)56(49-37-21-7-22-38-49,50-39-23-8-24-40-50)55(47-33-17-5-18-34-47,48-35-19-6-20-36-48)53(51)45-29-13-3-14-30-45/h1-42H. The number of allylic oxidation sites excluding steroid dienone is 5. The molecule has 0 nitrogen and oxygen atoms in total. The normalized spacial score (nSPS) is 14.9. The molecule has 0 unspecified atom stereocenters. The number of hydrogen-bond acceptors (Lipinski definition) is 0. The van der Waals surface area contributed by atoms with Gasteiger partial charge in [0.15, 0.2) is 0 Å². The average Bonchev–Trinajstić information content (AvgIpc) is 3.30. The van der Waals surface area contributed by atoms with Crippen LogP contribution in [0.25, 0.3) is 22.8 Å². The van der Waals surface area contributed by atoms with Crippen molar-refractivity contribution in [2.45, 2.75) is 10.8 Å². The second kappa shape index (κ2) is 15.4. The van der Waals surface area contributed by atoms with Gasteiger partial charge in [-0.05, 0) is 66.8 Å². The molecule has 9 rings (SSSR count). The summed E-state index contributed by atoms with van der Waals surface area (Å²) in [7, 11) is 0. The molecule has 8 aromatic rings. The van der Waals surface area contributed by atoms with Gasteiger partial charge < -0.3 is 0 Å². The summed E-state index contributed by atoms with van der Waals surface area (Å²) in [4.78, 5) is 0. The molecule has 8 aromatic carbocycles. The topological polar surface area (TPSA) is 0 Å². The summed E-state index contributed by atoms with van der Waals surface area (Å²) in [6, 6.07) is 89.1. The minimum Gasteiger partial charge on any atom is -0.0622 e. The SMILES string of the molecule is C(=Cc1ccccc1)C1=C(c2ccccc2)C(c2ccccc2)(c2ccccc2)C(c2ccccc2)(c2ccccc2)C(c2ccccc2)=C1c1ccccc1. The zero-order valence-corrected chi connectivity index (χ0v) is 31.2. The Morgan fingerprint density at radius 2 is 0.536 bits per heavy atom. The third kappa shape index (κ3) is 5.79. The van der Waals surface area contributed by atoms with Gasteiger partial charge in [-0.25, -0.2) is 0 Å². The molecule has 0 bridgehead atoms. The number of rotatable bonds is 9. The van der Waals surface area contributed by atoms with Crippen molar-refractivity contribution in [1.82, 2.24) is 0 Å². The first-order valence-corrected chi connectivity index (χ1v) is 19.4. The van der Waals surface area contributed by atoms with E-state index in [1.165, 1.54) is 61.2 Å². The van der Waals surface area contributed by atoms with Gasteiger partial charge in [-0.15, -0.1) is 0 Å². The first-order valence-electron chi connectivity index (χ1n) is 19.4. The molecule has 1 aliphatic rings. The van der Waals surface area contributed by atoms with Gasteiger partial charge in [0.1, 0.15) is 0 Å². The van der Waals surface area contributed by atoms with Gasteiger partial charge in [0, 0.05) is 0 Å². The van der Waals surface area contributed by atoms with E-state index >= 15 is 0 Å². The number of hydrogen-bond donors (Lipinski definition) is 0. The highest BCUT2D eigenvalue weighted by Gasteiger charge is 2.63. The van der Waals surface area contributed by atoms with E-state index in [4.69, 9.17) is 0 Å². The van der Waals surface area contributed by atoms with Gasteiger partial charge >= 0.3 is 0 Å². The van der Waals surface area contributed by atoms with Crippen molar-refractivity contribution in [3.05, 3.63) is 299 Å². The van der Waals surface area contributed by atoms with E-state index in [0.29, 0.717) is 0 Å². The molecule has 0 amide bonds. The lowest BCUT2D eigenvalue weighted by Gasteiger charge is -2.58. The second-order valence-corrected chi connectivity index (χ2v) is 14.3. The highest BCUT2D eigenvalue weighted by atomic mass is 14.6. The van der Waals surface area contributed by atoms with Gasteiger partial charge in [0.2, 0.25) is 0 Å². The summed E-state index contributed by atoms with van der Waals surface area (Å²) in [6.07, 6.45) is 4.69. The molecule has 0 aliphatic heterocycles. The summed E-state index contributed by atoms with van der Waals surface area (Å²) in [6.45, 7) is 0. The maximum atomic E-state index is 2.39. The van der Waals surface area contributed by atoms with Crippen LogP contribution in [-0.4, -0.2) is 0 Å². The van der Waals surface area contributed by atoms with E-state index in [0.717, 1.165) is 5.56 Å². The van der Waals surface area contributed by atoms with Gasteiger partial charge in [-0.3, -0.25) is 0 Å². The van der Waals surface area contributed by atoms with Crippen molar-refractivity contribution in [3.63, 3.8) is 0 Å². The Labute approximate surface area is 331 Å². The molecule has 0 saturated heterocycles. The third-order valence-corrected chi connectivity index (χ3v) is 11.4. The Bertz CT molecular complexity index is 2530. The first kappa shape index (κ1) is 34.7. The molecule has 0 atom stereocenters. The van der Waals surface area contributed by atoms with Gasteiger partial charge in [-0.2, -0.15) is 0 Å². The fourth-order valence-electron chi connectivity index (χ4n) is 9.31. The molecule has 266 valence electrons. The highest BCUT2D eigenvalue weighted by Crippen LogP contribution is 2.69. The molecule has 1 aliphatic carbocycles. The smallest absolute Gasteiger partial charge is 0.0622 e. The quantitative estimate of drug-likeness (QED) is 0.140. The number of benzene rings is 8. The highest BCUT2D eigenvalue weighted by molar-refractivity contribution is 6.15. The molecule has 0 heterocycles. The van der Waals surface area contributed by atoms with E-state index in [1.54, 1.807) is 0 Å². The van der Waals surface area contributed by atoms with E-state index in [2.05, 4.69) is 255 Å². The van der Waals surface area contributed by atoms with Crippen LogP contribution in [0.15, 0.2) is 254 Å². The van der Waals surface area contributed by atoms with Crippen molar-refractivity contribution in [2.24, 2.45) is 0 Å². The van der Waals surface area contributed by atoms with Crippen LogP contribution in [0.1, 0.15) is 44.5 Å². The maximum Gasteiger partial charge on any atom is 0.0641 e. The minimum atomic E-state index is -0.820. The summed E-state index contributed by atoms with van der Waals surface area (Å²) in [5.41, 5.74) is 12.8. The zero-order chi connectivity index (χ0) is 37.6. The van der Waals surface area contributed by atoms with E-state index < -0.39 is 10.8 Å². The molecule has 0 fully saturated rings. The Morgan fingerprint density at radius 1 is 0.250 bits per heavy atom. The minimum absolute atomic E-state index is 0.819. The van der Waals surface area contributed by atoms with Crippen LogP contribution in [0.2, 0.25) is 0 Å². The van der Waals surface area contributed by atoms with E-state index in [1.807, 2.05) is 0 Å². The van der Waals surface area contributed by atoms with Crippen molar-refractivity contribution < 1.29 is 0 Å². The monoisotopic (exact) mass is 714 g/mol. The molecule has 0 radical (unpaired) electrons. The summed E-state index contributed by atoms with van der Waals surface area (Å²) < 4.78 is 0. The lowest BCUT2D eigenvalue weighted by molar-refractivity contribution is 0.472. The largest absolute Gasteiger partial charge is 0.0641 e. The molecule has 0 heteroatoms. The molecule has 0 spiro atoms. The Hall–Kier alpha value is -7.02. The molecular weight excluding hydrogens is 673 g/mol. The Kier molecular flexibility index (Phi) is 9.54. The molecule has 0 saturated carbocycles. The van der Waals surface area contributed by atoms with Crippen LogP contribution in [0.3, 0.4) is 0 Å². The lowest BCUT2D eigenvalue weighted by Crippen LogP contribution is -2.54. The molecule has 0 N–H and O–H groups in total. The predicted molar refractivity (Wildman–Crippen MR) is 236 cm³/mol. The van der Waals surface area contributed by atoms with Crippen LogP contribution >= 0.6 is 0 Å². The fraction of sp³-hybridized carbons (Fsp3) is 0.0357. The van der Waals surface area contributed by atoms with Crippen LogP contribution in [0.4, 0.5) is 0 Å². The third-order valence-electron chi connectivity index (χ3n) is 11.4. The maximum absolute atomic E-state index is 2.39. The average molecular weight is 715 g/mol. The van der Waals surface area contributed by atoms with Crippen molar-refractivity contribution in [3.8, 4) is 0 Å². The Balaban J connectivity index is 1.65. The van der Waals surface area contributed by atoms with Gasteiger partial charge in [-0.1, -0.05) is 255 Å². The fourth-order valence-corrected chi connectivity index (χ4v) is 9.31. The summed E-state index contributed by atoms with van der Waals surface area (Å²) >= 11 is 0.